The summed E-state index contributed by atoms with van der Waals surface area (Å²) in [6.45, 7) is 0.120. The van der Waals surface area contributed by atoms with Gasteiger partial charge < -0.3 is 0 Å². The van der Waals surface area contributed by atoms with Crippen LogP contribution >= 0.6 is 0 Å². The van der Waals surface area contributed by atoms with Gasteiger partial charge in [-0.05, 0) is 11.6 Å². The Morgan fingerprint density at radius 1 is 1.25 bits per heavy atom. The van der Waals surface area contributed by atoms with Gasteiger partial charge in [0.05, 0.1) is 22.9 Å². The summed E-state index contributed by atoms with van der Waals surface area (Å²) in [4.78, 5) is 9.96. The molecule has 0 aliphatic heterocycles. The number of H-pyrrole nitrogens is 1. The van der Waals surface area contributed by atoms with Crippen LogP contribution in [0.2, 0.25) is 0 Å². The predicted octanol–water partition coefficient (Wildman–Crippen LogP) is 0.938. The van der Waals surface area contributed by atoms with Crippen LogP contribution in [0.25, 0.3) is 0 Å². The van der Waals surface area contributed by atoms with Crippen LogP contribution in [0.4, 0.5) is 5.69 Å². The van der Waals surface area contributed by atoms with Gasteiger partial charge in [-0.15, -0.1) is 0 Å². The van der Waals surface area contributed by atoms with Gasteiger partial charge in [0.2, 0.25) is 10.0 Å². The minimum absolute atomic E-state index is 0.0726. The molecule has 106 valence electrons. The molecule has 0 radical (unpaired) electrons. The molecule has 0 fully saturated rings. The highest BCUT2D eigenvalue weighted by molar-refractivity contribution is 7.88. The largest absolute Gasteiger partial charge is 0.281 e. The van der Waals surface area contributed by atoms with E-state index < -0.39 is 14.9 Å². The second-order valence-electron chi connectivity index (χ2n) is 4.09. The molecule has 0 saturated carbocycles. The summed E-state index contributed by atoms with van der Waals surface area (Å²) in [5, 5.41) is 16.8. The van der Waals surface area contributed by atoms with E-state index in [0.717, 1.165) is 0 Å². The molecule has 0 unspecified atom stereocenters. The van der Waals surface area contributed by atoms with Crippen LogP contribution in [0.15, 0.2) is 36.5 Å². The quantitative estimate of drug-likeness (QED) is 0.607. The fourth-order valence-electron chi connectivity index (χ4n) is 1.56. The van der Waals surface area contributed by atoms with E-state index in [9.17, 15) is 18.5 Å². The molecule has 0 amide bonds. The Labute approximate surface area is 115 Å². The maximum Gasteiger partial charge on any atom is 0.269 e. The monoisotopic (exact) mass is 296 g/mol. The molecule has 0 aliphatic carbocycles. The van der Waals surface area contributed by atoms with Crippen molar-refractivity contribution in [2.75, 3.05) is 0 Å². The van der Waals surface area contributed by atoms with Crippen molar-refractivity contribution < 1.29 is 13.3 Å². The number of hydrogen-bond acceptors (Lipinski definition) is 5. The predicted molar refractivity (Wildman–Crippen MR) is 71.1 cm³/mol. The average molecular weight is 296 g/mol. The molecule has 2 aromatic rings. The first-order valence-electron chi connectivity index (χ1n) is 5.65. The number of nitrogens with one attached hydrogen (secondary N) is 2. The van der Waals surface area contributed by atoms with Gasteiger partial charge in [0.1, 0.15) is 0 Å². The molecule has 0 atom stereocenters. The average Bonchev–Trinajstić information content (AvgIpc) is 2.90. The standard InChI is InChI=1S/C11H12N4O4S/c16-15(17)11-3-1-9(2-4-11)8-20(18,19)13-7-10-5-6-12-14-10/h1-6,13H,7-8H2,(H,12,14). The molecule has 1 aromatic heterocycles. The molecule has 2 N–H and O–H groups in total. The summed E-state index contributed by atoms with van der Waals surface area (Å²) in [7, 11) is -3.51. The van der Waals surface area contributed by atoms with Crippen molar-refractivity contribution in [3.8, 4) is 0 Å². The van der Waals surface area contributed by atoms with E-state index in [0.29, 0.717) is 11.3 Å². The summed E-state index contributed by atoms with van der Waals surface area (Å²) >= 11 is 0. The SMILES string of the molecule is O=[N+]([O-])c1ccc(CS(=O)(=O)NCc2ccn[nH]2)cc1. The Morgan fingerprint density at radius 3 is 2.50 bits per heavy atom. The highest BCUT2D eigenvalue weighted by Crippen LogP contribution is 2.13. The van der Waals surface area contributed by atoms with E-state index in [-0.39, 0.29) is 18.0 Å². The number of nitro groups is 1. The Hall–Kier alpha value is -2.26. The van der Waals surface area contributed by atoms with Crippen molar-refractivity contribution in [1.82, 2.24) is 14.9 Å². The Kier molecular flexibility index (Phi) is 4.11. The minimum atomic E-state index is -3.51. The summed E-state index contributed by atoms with van der Waals surface area (Å²) in [6.07, 6.45) is 1.53. The highest BCUT2D eigenvalue weighted by atomic mass is 32.2. The molecule has 9 heteroatoms. The van der Waals surface area contributed by atoms with Crippen LogP contribution < -0.4 is 4.72 Å². The van der Waals surface area contributed by atoms with E-state index in [4.69, 9.17) is 0 Å². The van der Waals surface area contributed by atoms with Crippen molar-refractivity contribution in [2.45, 2.75) is 12.3 Å². The Balaban J connectivity index is 1.98. The fraction of sp³-hybridized carbons (Fsp3) is 0.182. The smallest absolute Gasteiger partial charge is 0.269 e. The van der Waals surface area contributed by atoms with Crippen LogP contribution in [0.1, 0.15) is 11.3 Å². The third-order valence-corrected chi connectivity index (χ3v) is 3.84. The van der Waals surface area contributed by atoms with Crippen LogP contribution in [0.3, 0.4) is 0 Å². The molecule has 2 rings (SSSR count). The first kappa shape index (κ1) is 14.2. The molecule has 8 nitrogen and oxygen atoms in total. The maximum atomic E-state index is 11.8. The lowest BCUT2D eigenvalue weighted by Crippen LogP contribution is -2.24. The fourth-order valence-corrected chi connectivity index (χ4v) is 2.66. The molecular weight excluding hydrogens is 284 g/mol. The van der Waals surface area contributed by atoms with Crippen LogP contribution in [0, 0.1) is 10.1 Å². The third kappa shape index (κ3) is 3.87. The van der Waals surface area contributed by atoms with Gasteiger partial charge in [0, 0.05) is 18.3 Å². The number of aromatic nitrogens is 2. The molecule has 0 saturated heterocycles. The van der Waals surface area contributed by atoms with E-state index in [1.54, 1.807) is 6.07 Å². The summed E-state index contributed by atoms with van der Waals surface area (Å²) in [6, 6.07) is 7.06. The van der Waals surface area contributed by atoms with Crippen molar-refractivity contribution in [2.24, 2.45) is 0 Å². The van der Waals surface area contributed by atoms with Gasteiger partial charge in [-0.3, -0.25) is 15.2 Å². The molecule has 1 heterocycles. The lowest BCUT2D eigenvalue weighted by atomic mass is 10.2. The molecule has 0 spiro atoms. The zero-order chi connectivity index (χ0) is 14.6. The number of hydrogen-bond donors (Lipinski definition) is 2. The van der Waals surface area contributed by atoms with Gasteiger partial charge in [-0.1, -0.05) is 12.1 Å². The van der Waals surface area contributed by atoms with Crippen molar-refractivity contribution in [1.29, 1.82) is 0 Å². The minimum Gasteiger partial charge on any atom is -0.281 e. The highest BCUT2D eigenvalue weighted by Gasteiger charge is 2.13. The number of aromatic amines is 1. The molecule has 20 heavy (non-hydrogen) atoms. The number of nitro benzene ring substituents is 1. The van der Waals surface area contributed by atoms with Gasteiger partial charge in [-0.25, -0.2) is 13.1 Å². The first-order chi connectivity index (χ1) is 9.46. The zero-order valence-corrected chi connectivity index (χ0v) is 11.1. The lowest BCUT2D eigenvalue weighted by Gasteiger charge is -2.05. The van der Waals surface area contributed by atoms with E-state index in [2.05, 4.69) is 14.9 Å². The number of non-ortho nitro benzene ring substituents is 1. The Morgan fingerprint density at radius 2 is 1.95 bits per heavy atom. The number of sulfonamides is 1. The third-order valence-electron chi connectivity index (χ3n) is 2.54. The van der Waals surface area contributed by atoms with Gasteiger partial charge in [0.15, 0.2) is 0 Å². The second-order valence-corrected chi connectivity index (χ2v) is 5.89. The van der Waals surface area contributed by atoms with Gasteiger partial charge >= 0.3 is 0 Å². The van der Waals surface area contributed by atoms with E-state index in [1.807, 2.05) is 0 Å². The molecular formula is C11H12N4O4S. The van der Waals surface area contributed by atoms with Crippen LogP contribution in [-0.2, 0) is 22.3 Å². The zero-order valence-electron chi connectivity index (χ0n) is 10.3. The van der Waals surface area contributed by atoms with E-state index in [1.165, 1.54) is 30.5 Å². The number of rotatable bonds is 6. The summed E-state index contributed by atoms with van der Waals surface area (Å²) in [5.74, 6) is -0.237. The maximum absolute atomic E-state index is 11.8. The summed E-state index contributed by atoms with van der Waals surface area (Å²) < 4.78 is 26.1. The van der Waals surface area contributed by atoms with Crippen molar-refractivity contribution in [3.63, 3.8) is 0 Å². The van der Waals surface area contributed by atoms with Crippen molar-refractivity contribution in [3.05, 3.63) is 57.9 Å². The van der Waals surface area contributed by atoms with Crippen LogP contribution in [-0.4, -0.2) is 23.5 Å². The number of nitrogens with zero attached hydrogens (tertiary/aromatic N) is 2. The summed E-state index contributed by atoms with van der Waals surface area (Å²) in [5.41, 5.74) is 1.06. The van der Waals surface area contributed by atoms with Gasteiger partial charge in [-0.2, -0.15) is 5.10 Å². The second kappa shape index (κ2) is 5.80. The van der Waals surface area contributed by atoms with E-state index >= 15 is 0 Å². The van der Waals surface area contributed by atoms with Gasteiger partial charge in [0.25, 0.3) is 5.69 Å². The Bertz CT molecular complexity index is 680. The molecule has 1 aromatic carbocycles. The normalized spacial score (nSPS) is 11.4. The first-order valence-corrected chi connectivity index (χ1v) is 7.30. The number of benzene rings is 1. The van der Waals surface area contributed by atoms with Crippen molar-refractivity contribution >= 4 is 15.7 Å². The topological polar surface area (TPSA) is 118 Å². The molecule has 0 bridgehead atoms. The molecule has 0 aliphatic rings. The lowest BCUT2D eigenvalue weighted by molar-refractivity contribution is -0.384. The van der Waals surface area contributed by atoms with Crippen LogP contribution in [0.5, 0.6) is 0 Å².